The summed E-state index contributed by atoms with van der Waals surface area (Å²) in [6, 6.07) is 0. The second-order valence-electron chi connectivity index (χ2n) is 1.93. The molecule has 0 aromatic carbocycles. The molecule has 4 heteroatoms. The molecule has 10 heavy (non-hydrogen) atoms. The van der Waals surface area contributed by atoms with Gasteiger partial charge in [0.05, 0.1) is 0 Å². The monoisotopic (exact) mass is 161 g/mol. The molecule has 0 aliphatic heterocycles. The Hall–Kier alpha value is -0.540. The molecule has 0 unspecified atom stereocenters. The van der Waals surface area contributed by atoms with Gasteiger partial charge in [-0.1, -0.05) is 0 Å². The summed E-state index contributed by atoms with van der Waals surface area (Å²) in [5.41, 5.74) is 5.30. The number of aromatic nitrogens is 2. The molecule has 0 aliphatic rings. The minimum atomic E-state index is 0. The van der Waals surface area contributed by atoms with Gasteiger partial charge < -0.3 is 10.7 Å². The lowest BCUT2D eigenvalue weighted by Gasteiger charge is -1.90. The molecule has 0 aliphatic carbocycles. The largest absolute Gasteiger partial charge is 0.349 e. The van der Waals surface area contributed by atoms with Crippen LogP contribution in [0.5, 0.6) is 0 Å². The highest BCUT2D eigenvalue weighted by Crippen LogP contribution is 1.91. The quantitative estimate of drug-likeness (QED) is 0.687. The Morgan fingerprint density at radius 2 is 2.40 bits per heavy atom. The van der Waals surface area contributed by atoms with Gasteiger partial charge in [-0.2, -0.15) is 0 Å². The highest BCUT2D eigenvalue weighted by Gasteiger charge is 1.90. The molecule has 0 saturated heterocycles. The Morgan fingerprint density at radius 1 is 1.60 bits per heavy atom. The molecule has 1 aromatic heterocycles. The normalized spacial score (nSPS) is 8.90. The Labute approximate surface area is 66.4 Å². The Kier molecular flexibility index (Phi) is 4.98. The third-order valence-electron chi connectivity index (χ3n) is 1.17. The molecule has 0 fully saturated rings. The molecular formula is C6H12ClN3. The Bertz CT molecular complexity index is 150. The maximum Gasteiger partial charge on any atom is 0.106 e. The molecule has 0 amide bonds. The third kappa shape index (κ3) is 2.85. The number of nitrogens with two attached hydrogens (primary N) is 1. The van der Waals surface area contributed by atoms with Crippen molar-refractivity contribution in [3.63, 3.8) is 0 Å². The molecule has 3 nitrogen and oxygen atoms in total. The van der Waals surface area contributed by atoms with Crippen LogP contribution in [0.25, 0.3) is 0 Å². The maximum absolute atomic E-state index is 5.30. The van der Waals surface area contributed by atoms with Crippen molar-refractivity contribution in [2.45, 2.75) is 12.8 Å². The minimum absolute atomic E-state index is 0. The first-order chi connectivity index (χ1) is 4.43. The van der Waals surface area contributed by atoms with Gasteiger partial charge >= 0.3 is 0 Å². The van der Waals surface area contributed by atoms with Crippen LogP contribution in [0.1, 0.15) is 12.2 Å². The van der Waals surface area contributed by atoms with Gasteiger partial charge in [0.15, 0.2) is 0 Å². The van der Waals surface area contributed by atoms with Gasteiger partial charge in [0.25, 0.3) is 0 Å². The van der Waals surface area contributed by atoms with Gasteiger partial charge in [0.1, 0.15) is 5.82 Å². The van der Waals surface area contributed by atoms with Crippen molar-refractivity contribution in [3.8, 4) is 0 Å². The summed E-state index contributed by atoms with van der Waals surface area (Å²) >= 11 is 0. The van der Waals surface area contributed by atoms with E-state index in [1.165, 1.54) is 0 Å². The second kappa shape index (κ2) is 5.26. The Morgan fingerprint density at radius 3 is 2.90 bits per heavy atom. The molecule has 58 valence electrons. The third-order valence-corrected chi connectivity index (χ3v) is 1.17. The number of nitrogens with one attached hydrogen (secondary N) is 1. The van der Waals surface area contributed by atoms with E-state index < -0.39 is 0 Å². The summed E-state index contributed by atoms with van der Waals surface area (Å²) in [6.07, 6.45) is 5.55. The van der Waals surface area contributed by atoms with Crippen LogP contribution in [0, 0.1) is 0 Å². The van der Waals surface area contributed by atoms with Gasteiger partial charge in [-0.15, -0.1) is 12.4 Å². The fourth-order valence-electron chi connectivity index (χ4n) is 0.704. The van der Waals surface area contributed by atoms with E-state index in [1.807, 2.05) is 6.20 Å². The number of rotatable bonds is 3. The molecule has 1 heterocycles. The fraction of sp³-hybridized carbons (Fsp3) is 0.500. The van der Waals surface area contributed by atoms with Crippen LogP contribution in [-0.4, -0.2) is 16.5 Å². The van der Waals surface area contributed by atoms with Crippen molar-refractivity contribution in [2.24, 2.45) is 5.73 Å². The first kappa shape index (κ1) is 9.46. The second-order valence-corrected chi connectivity index (χ2v) is 1.93. The number of aryl methyl sites for hydroxylation is 1. The van der Waals surface area contributed by atoms with Crippen LogP contribution in [0.15, 0.2) is 12.4 Å². The van der Waals surface area contributed by atoms with Crippen molar-refractivity contribution in [3.05, 3.63) is 18.2 Å². The lowest BCUT2D eigenvalue weighted by atomic mass is 10.3. The van der Waals surface area contributed by atoms with E-state index in [4.69, 9.17) is 5.73 Å². The van der Waals surface area contributed by atoms with Crippen LogP contribution >= 0.6 is 12.4 Å². The van der Waals surface area contributed by atoms with Gasteiger partial charge in [-0.05, 0) is 13.0 Å². The van der Waals surface area contributed by atoms with Crippen LogP contribution in [0.2, 0.25) is 0 Å². The summed E-state index contributed by atoms with van der Waals surface area (Å²) < 4.78 is 0. The number of aromatic amines is 1. The maximum atomic E-state index is 5.30. The molecule has 0 radical (unpaired) electrons. The zero-order chi connectivity index (χ0) is 6.53. The zero-order valence-electron chi connectivity index (χ0n) is 5.71. The van der Waals surface area contributed by atoms with Crippen LogP contribution in [-0.2, 0) is 6.42 Å². The van der Waals surface area contributed by atoms with Crippen LogP contribution in [0.3, 0.4) is 0 Å². The average Bonchev–Trinajstić information content (AvgIpc) is 2.34. The van der Waals surface area contributed by atoms with Gasteiger partial charge in [0, 0.05) is 18.8 Å². The molecule has 0 bridgehead atoms. The summed E-state index contributed by atoms with van der Waals surface area (Å²) in [7, 11) is 0. The molecule has 0 atom stereocenters. The van der Waals surface area contributed by atoms with E-state index >= 15 is 0 Å². The van der Waals surface area contributed by atoms with Crippen molar-refractivity contribution in [1.29, 1.82) is 0 Å². The summed E-state index contributed by atoms with van der Waals surface area (Å²) in [6.45, 7) is 0.737. The topological polar surface area (TPSA) is 54.7 Å². The molecule has 3 N–H and O–H groups in total. The van der Waals surface area contributed by atoms with Gasteiger partial charge in [0.2, 0.25) is 0 Å². The number of hydrogen-bond donors (Lipinski definition) is 2. The predicted octanol–water partition coefficient (Wildman–Crippen LogP) is 0.723. The van der Waals surface area contributed by atoms with E-state index in [9.17, 15) is 0 Å². The lowest BCUT2D eigenvalue weighted by Crippen LogP contribution is -2.00. The molecule has 0 saturated carbocycles. The van der Waals surface area contributed by atoms with Crippen LogP contribution < -0.4 is 5.73 Å². The molecule has 1 rings (SSSR count). The summed E-state index contributed by atoms with van der Waals surface area (Å²) in [5.74, 6) is 1.03. The summed E-state index contributed by atoms with van der Waals surface area (Å²) in [4.78, 5) is 7.05. The van der Waals surface area contributed by atoms with Crippen molar-refractivity contribution < 1.29 is 0 Å². The molecule has 0 spiro atoms. The minimum Gasteiger partial charge on any atom is -0.349 e. The van der Waals surface area contributed by atoms with Gasteiger partial charge in [-0.25, -0.2) is 4.98 Å². The number of hydrogen-bond acceptors (Lipinski definition) is 2. The summed E-state index contributed by atoms with van der Waals surface area (Å²) in [5, 5.41) is 0. The van der Waals surface area contributed by atoms with Crippen molar-refractivity contribution in [2.75, 3.05) is 6.54 Å². The SMILES string of the molecule is Cl.NCCCc1ncc[nH]1. The van der Waals surface area contributed by atoms with E-state index in [1.54, 1.807) is 6.20 Å². The molecule has 1 aromatic rings. The van der Waals surface area contributed by atoms with E-state index in [0.29, 0.717) is 0 Å². The molecular weight excluding hydrogens is 150 g/mol. The first-order valence-corrected chi connectivity index (χ1v) is 3.12. The highest BCUT2D eigenvalue weighted by molar-refractivity contribution is 5.85. The average molecular weight is 162 g/mol. The number of nitrogens with zero attached hydrogens (tertiary/aromatic N) is 1. The van der Waals surface area contributed by atoms with Crippen LogP contribution in [0.4, 0.5) is 0 Å². The van der Waals surface area contributed by atoms with Gasteiger partial charge in [-0.3, -0.25) is 0 Å². The highest BCUT2D eigenvalue weighted by atomic mass is 35.5. The zero-order valence-corrected chi connectivity index (χ0v) is 6.53. The Balaban J connectivity index is 0.000000810. The van der Waals surface area contributed by atoms with Crippen molar-refractivity contribution in [1.82, 2.24) is 9.97 Å². The fourth-order valence-corrected chi connectivity index (χ4v) is 0.704. The number of halogens is 1. The lowest BCUT2D eigenvalue weighted by molar-refractivity contribution is 0.794. The number of imidazole rings is 1. The van der Waals surface area contributed by atoms with E-state index in [-0.39, 0.29) is 12.4 Å². The van der Waals surface area contributed by atoms with E-state index in [0.717, 1.165) is 25.2 Å². The first-order valence-electron chi connectivity index (χ1n) is 3.12. The van der Waals surface area contributed by atoms with E-state index in [2.05, 4.69) is 9.97 Å². The predicted molar refractivity (Wildman–Crippen MR) is 43.2 cm³/mol. The number of H-pyrrole nitrogens is 1. The standard InChI is InChI=1S/C6H11N3.ClH/c7-3-1-2-6-8-4-5-9-6;/h4-5H,1-3,7H2,(H,8,9);1H. The van der Waals surface area contributed by atoms with Crippen molar-refractivity contribution >= 4 is 12.4 Å². The smallest absolute Gasteiger partial charge is 0.106 e.